The molecule has 0 unspecified atom stereocenters. The molecule has 8 nitrogen and oxygen atoms in total. The van der Waals surface area contributed by atoms with Crippen LogP contribution in [0.5, 0.6) is 11.5 Å². The molecule has 19 heteroatoms. The Balaban J connectivity index is 0.000000476. The normalized spacial score (nSPS) is 12.9. The van der Waals surface area contributed by atoms with Crippen LogP contribution in [0.15, 0.2) is 93.5 Å². The maximum absolute atomic E-state index is 12.6. The van der Waals surface area contributed by atoms with E-state index in [0.29, 0.717) is 0 Å². The van der Waals surface area contributed by atoms with Crippen LogP contribution in [0.2, 0.25) is 0 Å². The monoisotopic (exact) mass is 880 g/mol. The molecular formula is C38H48F8O8S3. The largest absolute Gasteiger partial charge is 0.743 e. The van der Waals surface area contributed by atoms with Gasteiger partial charge in [-0.1, -0.05) is 96.3 Å². The molecule has 0 atom stereocenters. The summed E-state index contributed by atoms with van der Waals surface area (Å²) in [5, 5.41) is -14.5. The van der Waals surface area contributed by atoms with Gasteiger partial charge in [0.15, 0.2) is 24.8 Å². The lowest BCUT2D eigenvalue weighted by Crippen LogP contribution is -2.66. The minimum absolute atomic E-state index is 0.167. The van der Waals surface area contributed by atoms with Crippen molar-refractivity contribution in [3.8, 4) is 11.5 Å². The maximum Gasteiger partial charge on any atom is 0.438 e. The van der Waals surface area contributed by atoms with Gasteiger partial charge in [-0.25, -0.2) is 8.42 Å². The topological polar surface area (TPSA) is 130 Å². The number of ether oxygens (including phenoxy) is 2. The van der Waals surface area contributed by atoms with Crippen LogP contribution in [0.25, 0.3) is 0 Å². The summed E-state index contributed by atoms with van der Waals surface area (Å²) in [5.41, 5.74) is 0. The van der Waals surface area contributed by atoms with Crippen LogP contribution < -0.4 is 9.47 Å². The molecule has 0 radical (unpaired) electrons. The van der Waals surface area contributed by atoms with E-state index in [1.165, 1.54) is 78.9 Å². The van der Waals surface area contributed by atoms with E-state index in [9.17, 15) is 56.5 Å². The predicted molar refractivity (Wildman–Crippen MR) is 200 cm³/mol. The van der Waals surface area contributed by atoms with E-state index in [1.54, 1.807) is 0 Å². The van der Waals surface area contributed by atoms with Crippen molar-refractivity contribution in [3.05, 3.63) is 78.9 Å². The Hall–Kier alpha value is -3.13. The second-order valence-corrected chi connectivity index (χ2v) is 17.8. The molecule has 0 saturated heterocycles. The molecule has 0 aliphatic carbocycles. The zero-order valence-corrected chi connectivity index (χ0v) is 33.9. The van der Waals surface area contributed by atoms with Crippen molar-refractivity contribution in [2.24, 2.45) is 0 Å². The number of benzene rings is 3. The molecule has 3 rings (SSSR count). The fourth-order valence-corrected chi connectivity index (χ4v) is 8.09. The van der Waals surface area contributed by atoms with E-state index in [0.717, 1.165) is 37.6 Å². The lowest BCUT2D eigenvalue weighted by atomic mass is 10.1. The average Bonchev–Trinajstić information content (AvgIpc) is 3.15. The first-order valence-corrected chi connectivity index (χ1v) is 22.3. The summed E-state index contributed by atoms with van der Waals surface area (Å²) in [4.78, 5) is 3.93. The Morgan fingerprint density at radius 2 is 0.860 bits per heavy atom. The van der Waals surface area contributed by atoms with Gasteiger partial charge in [0.05, 0.1) is 24.1 Å². The van der Waals surface area contributed by atoms with Gasteiger partial charge >= 0.3 is 32.5 Å². The van der Waals surface area contributed by atoms with Gasteiger partial charge < -0.3 is 14.0 Å². The van der Waals surface area contributed by atoms with E-state index in [1.807, 2.05) is 0 Å². The smallest absolute Gasteiger partial charge is 0.438 e. The van der Waals surface area contributed by atoms with Crippen molar-refractivity contribution in [3.63, 3.8) is 0 Å². The maximum atomic E-state index is 12.6. The number of hydrogen-bond acceptors (Lipinski definition) is 7. The molecule has 57 heavy (non-hydrogen) atoms. The highest BCUT2D eigenvalue weighted by molar-refractivity contribution is 7.97. The highest BCUT2D eigenvalue weighted by Crippen LogP contribution is 2.55. The van der Waals surface area contributed by atoms with Crippen molar-refractivity contribution < 1.29 is 70.5 Å². The molecular weight excluding hydrogens is 833 g/mol. The molecule has 0 amide bonds. The van der Waals surface area contributed by atoms with Crippen LogP contribution in [0.4, 0.5) is 35.1 Å². The van der Waals surface area contributed by atoms with Crippen molar-refractivity contribution in [1.82, 2.24) is 0 Å². The van der Waals surface area contributed by atoms with Crippen LogP contribution >= 0.6 is 0 Å². The molecule has 0 aliphatic heterocycles. The van der Waals surface area contributed by atoms with E-state index >= 15 is 0 Å². The first kappa shape index (κ1) is 50.0. The molecule has 0 bridgehead atoms. The number of halogens is 8. The van der Waals surface area contributed by atoms with Gasteiger partial charge in [0.25, 0.3) is 0 Å². The fraction of sp³-hybridized carbons (Fsp3) is 0.526. The minimum atomic E-state index is -7.64. The summed E-state index contributed by atoms with van der Waals surface area (Å²) in [6.45, 7) is 6.13. The molecule has 3 aromatic carbocycles. The van der Waals surface area contributed by atoms with Crippen molar-refractivity contribution in [2.75, 3.05) is 13.2 Å². The average molecular weight is 881 g/mol. The van der Waals surface area contributed by atoms with Gasteiger partial charge in [-0.2, -0.15) is 43.5 Å². The second-order valence-electron chi connectivity index (χ2n) is 12.9. The van der Waals surface area contributed by atoms with Crippen molar-refractivity contribution in [1.29, 1.82) is 0 Å². The Bertz CT molecular complexity index is 1720. The Morgan fingerprint density at radius 3 is 1.21 bits per heavy atom. The third-order valence-corrected chi connectivity index (χ3v) is 12.4. The zero-order chi connectivity index (χ0) is 43.0. The Morgan fingerprint density at radius 1 is 0.526 bits per heavy atom. The summed E-state index contributed by atoms with van der Waals surface area (Å²) in [5.74, 6) is -13.3. The quantitative estimate of drug-likeness (QED) is 0.0407. The highest BCUT2D eigenvalue weighted by Gasteiger charge is 2.86. The lowest BCUT2D eigenvalue weighted by Gasteiger charge is -2.35. The van der Waals surface area contributed by atoms with E-state index in [4.69, 9.17) is 14.0 Å². The third kappa shape index (κ3) is 13.7. The Labute approximate surface area is 332 Å². The first-order valence-electron chi connectivity index (χ1n) is 18.3. The SMILES string of the molecule is CCCCCCCCOc1ccc([S+](c2ccccc2)c2ccc(OCCCCCCCC)cc2)cc1.O=S(=O)([O-])C(F)(F)C(F)(F)C(F)(F)C(F)(F)S(=O)(=O)O. The van der Waals surface area contributed by atoms with Crippen molar-refractivity contribution >= 4 is 31.1 Å². The molecule has 3 aromatic rings. The van der Waals surface area contributed by atoms with Gasteiger partial charge in [0, 0.05) is 0 Å². The molecule has 0 heterocycles. The summed E-state index contributed by atoms with van der Waals surface area (Å²) < 4.78 is 169. The third-order valence-electron chi connectivity index (χ3n) is 8.39. The van der Waals surface area contributed by atoms with Gasteiger partial charge in [0.2, 0.25) is 0 Å². The number of alkyl halides is 8. The highest BCUT2D eigenvalue weighted by atomic mass is 32.2. The van der Waals surface area contributed by atoms with Crippen LogP contribution in [-0.4, -0.2) is 61.5 Å². The van der Waals surface area contributed by atoms with Crippen LogP contribution in [0.3, 0.4) is 0 Å². The molecule has 0 spiro atoms. The van der Waals surface area contributed by atoms with Crippen LogP contribution in [0, 0.1) is 0 Å². The van der Waals surface area contributed by atoms with Crippen LogP contribution in [-0.2, 0) is 31.1 Å². The second kappa shape index (κ2) is 22.3. The Kier molecular flexibility index (Phi) is 19.6. The number of hydrogen-bond donors (Lipinski definition) is 1. The number of rotatable bonds is 24. The lowest BCUT2D eigenvalue weighted by molar-refractivity contribution is -0.327. The fourth-order valence-electron chi connectivity index (χ4n) is 5.14. The molecule has 0 aliphatic rings. The van der Waals surface area contributed by atoms with E-state index in [-0.39, 0.29) is 10.9 Å². The summed E-state index contributed by atoms with van der Waals surface area (Å²) in [6, 6.07) is 28.3. The molecule has 0 saturated carbocycles. The first-order chi connectivity index (χ1) is 26.6. The minimum Gasteiger partial charge on any atom is -0.743 e. The van der Waals surface area contributed by atoms with E-state index < -0.39 is 42.6 Å². The summed E-state index contributed by atoms with van der Waals surface area (Å²) in [6.07, 6.45) is 15.4. The number of unbranched alkanes of at least 4 members (excludes halogenated alkanes) is 10. The molecule has 0 fully saturated rings. The zero-order valence-electron chi connectivity index (χ0n) is 31.5. The molecule has 0 aromatic heterocycles. The summed E-state index contributed by atoms with van der Waals surface area (Å²) in [7, 11) is -15.1. The summed E-state index contributed by atoms with van der Waals surface area (Å²) >= 11 is 0. The van der Waals surface area contributed by atoms with Gasteiger partial charge in [0.1, 0.15) is 11.5 Å². The van der Waals surface area contributed by atoms with E-state index in [2.05, 4.69) is 92.7 Å². The van der Waals surface area contributed by atoms with Crippen LogP contribution in [0.1, 0.15) is 90.9 Å². The standard InChI is InChI=1S/C34H47O2S.C4H2F8O6S2/c1-3-5-7-9-11-16-28-35-30-20-24-33(25-21-30)37(32-18-14-13-15-19-32)34-26-22-31(23-27-34)36-29-17-12-10-8-6-4-2;5-1(6,3(9,10)19(13,14)15)2(7,8)4(11,12)20(16,17)18/h13-15,18-27H,3-12,16-17,28-29H2,1-2H3;(H,13,14,15)(H,16,17,18)/q+1;/p-1. The predicted octanol–water partition coefficient (Wildman–Crippen LogP) is 11.1. The van der Waals surface area contributed by atoms with Gasteiger partial charge in [-0.05, 0) is 73.5 Å². The molecule has 1 N–H and O–H groups in total. The van der Waals surface area contributed by atoms with Gasteiger partial charge in [-0.3, -0.25) is 4.55 Å². The molecule has 322 valence electrons. The van der Waals surface area contributed by atoms with Crippen molar-refractivity contribution in [2.45, 2.75) is 128 Å². The van der Waals surface area contributed by atoms with Gasteiger partial charge in [-0.15, -0.1) is 0 Å².